The molecule has 64 valence electrons. The Morgan fingerprint density at radius 3 is 3.17 bits per heavy atom. The van der Waals surface area contributed by atoms with Gasteiger partial charge in [0, 0.05) is 0 Å². The average Bonchev–Trinajstić information content (AvgIpc) is 2.17. The molecule has 0 saturated carbocycles. The van der Waals surface area contributed by atoms with Crippen molar-refractivity contribution in [3.8, 4) is 5.75 Å². The molecule has 0 saturated heterocycles. The summed E-state index contributed by atoms with van der Waals surface area (Å²) < 4.78 is 5.54. The Hall–Kier alpha value is -0.670. The van der Waals surface area contributed by atoms with E-state index in [-0.39, 0.29) is 0 Å². The molecule has 0 spiro atoms. The molecule has 1 aliphatic heterocycles. The highest BCUT2D eigenvalue weighted by Gasteiger charge is 2.17. The molecular formula is C9H11NOS. The van der Waals surface area contributed by atoms with Crippen molar-refractivity contribution in [3.63, 3.8) is 0 Å². The summed E-state index contributed by atoms with van der Waals surface area (Å²) in [6, 6.07) is 8.13. The van der Waals surface area contributed by atoms with Gasteiger partial charge in [0.2, 0.25) is 0 Å². The highest BCUT2D eigenvalue weighted by atomic mass is 32.2. The zero-order valence-electron chi connectivity index (χ0n) is 6.91. The van der Waals surface area contributed by atoms with Crippen LogP contribution in [-0.2, 0) is 0 Å². The van der Waals surface area contributed by atoms with Crippen LogP contribution in [0.3, 0.4) is 0 Å². The van der Waals surface area contributed by atoms with Crippen LogP contribution in [0.15, 0.2) is 29.2 Å². The van der Waals surface area contributed by atoms with E-state index in [9.17, 15) is 0 Å². The van der Waals surface area contributed by atoms with Gasteiger partial charge in [0.25, 0.3) is 0 Å². The summed E-state index contributed by atoms with van der Waals surface area (Å²) in [5, 5.41) is 3.57. The maximum atomic E-state index is 5.54. The normalized spacial score (nSPS) is 21.2. The second kappa shape index (κ2) is 3.37. The second-order valence-corrected chi connectivity index (χ2v) is 3.90. The number of ether oxygens (including phenoxy) is 1. The fraction of sp³-hybridized carbons (Fsp3) is 0.333. The number of hydrogen-bond donors (Lipinski definition) is 1. The lowest BCUT2D eigenvalue weighted by Crippen LogP contribution is -2.30. The summed E-state index contributed by atoms with van der Waals surface area (Å²) in [6.45, 7) is 0.748. The van der Waals surface area contributed by atoms with Gasteiger partial charge in [0.1, 0.15) is 12.4 Å². The predicted octanol–water partition coefficient (Wildman–Crippen LogP) is 1.72. The summed E-state index contributed by atoms with van der Waals surface area (Å²) in [5.74, 6) is 1.01. The summed E-state index contributed by atoms with van der Waals surface area (Å²) >= 11 is 1.82. The Kier molecular flexibility index (Phi) is 2.23. The van der Waals surface area contributed by atoms with Crippen LogP contribution >= 0.6 is 11.8 Å². The van der Waals surface area contributed by atoms with Crippen molar-refractivity contribution in [1.82, 2.24) is 5.32 Å². The number of nitrogens with one attached hydrogen (secondary N) is 1. The van der Waals surface area contributed by atoms with E-state index in [1.54, 1.807) is 0 Å². The first-order chi connectivity index (χ1) is 5.90. The van der Waals surface area contributed by atoms with Gasteiger partial charge in [-0.1, -0.05) is 23.9 Å². The number of hydrogen-bond acceptors (Lipinski definition) is 3. The molecule has 0 aromatic heterocycles. The zero-order chi connectivity index (χ0) is 8.39. The van der Waals surface area contributed by atoms with Crippen molar-refractivity contribution in [2.75, 3.05) is 13.7 Å². The number of thioether (sulfide) groups is 1. The Morgan fingerprint density at radius 2 is 2.33 bits per heavy atom. The third-order valence-corrected chi connectivity index (χ3v) is 3.08. The predicted molar refractivity (Wildman–Crippen MR) is 50.6 cm³/mol. The molecule has 1 N–H and O–H groups in total. The van der Waals surface area contributed by atoms with E-state index in [4.69, 9.17) is 4.74 Å². The van der Waals surface area contributed by atoms with E-state index >= 15 is 0 Å². The molecule has 1 aliphatic rings. The maximum Gasteiger partial charge on any atom is 0.133 e. The van der Waals surface area contributed by atoms with Crippen LogP contribution in [0.25, 0.3) is 0 Å². The molecule has 12 heavy (non-hydrogen) atoms. The van der Waals surface area contributed by atoms with Crippen LogP contribution in [0, 0.1) is 0 Å². The minimum Gasteiger partial charge on any atom is -0.490 e. The van der Waals surface area contributed by atoms with Gasteiger partial charge < -0.3 is 10.1 Å². The number of fused-ring (bicyclic) bond motifs is 1. The summed E-state index contributed by atoms with van der Waals surface area (Å²) in [5.41, 5.74) is 0. The Morgan fingerprint density at radius 1 is 1.50 bits per heavy atom. The quantitative estimate of drug-likeness (QED) is 0.712. The monoisotopic (exact) mass is 181 g/mol. The van der Waals surface area contributed by atoms with Gasteiger partial charge in [-0.3, -0.25) is 0 Å². The van der Waals surface area contributed by atoms with Crippen molar-refractivity contribution >= 4 is 11.8 Å². The zero-order valence-corrected chi connectivity index (χ0v) is 7.73. The fourth-order valence-corrected chi connectivity index (χ4v) is 2.12. The lowest BCUT2D eigenvalue weighted by Gasteiger charge is -2.23. The van der Waals surface area contributed by atoms with Gasteiger partial charge >= 0.3 is 0 Å². The van der Waals surface area contributed by atoms with Gasteiger partial charge in [-0.15, -0.1) is 0 Å². The fourth-order valence-electron chi connectivity index (χ4n) is 1.16. The van der Waals surface area contributed by atoms with Crippen molar-refractivity contribution < 1.29 is 4.74 Å². The molecule has 2 rings (SSSR count). The van der Waals surface area contributed by atoms with E-state index in [1.807, 2.05) is 37.0 Å². The molecule has 2 nitrogen and oxygen atoms in total. The molecule has 1 unspecified atom stereocenters. The second-order valence-electron chi connectivity index (χ2n) is 2.65. The van der Waals surface area contributed by atoms with E-state index < -0.39 is 0 Å². The lowest BCUT2D eigenvalue weighted by molar-refractivity contribution is 0.292. The van der Waals surface area contributed by atoms with E-state index in [2.05, 4.69) is 11.4 Å². The smallest absolute Gasteiger partial charge is 0.133 e. The number of para-hydroxylation sites is 1. The van der Waals surface area contributed by atoms with Crippen LogP contribution in [0.5, 0.6) is 5.75 Å². The summed E-state index contributed by atoms with van der Waals surface area (Å²) in [7, 11) is 1.95. The first-order valence-corrected chi connectivity index (χ1v) is 4.84. The van der Waals surface area contributed by atoms with Crippen molar-refractivity contribution in [2.45, 2.75) is 10.3 Å². The largest absolute Gasteiger partial charge is 0.490 e. The molecule has 1 atom stereocenters. The van der Waals surface area contributed by atoms with E-state index in [1.165, 1.54) is 4.90 Å². The first kappa shape index (κ1) is 7.95. The molecule has 1 heterocycles. The van der Waals surface area contributed by atoms with E-state index in [0.717, 1.165) is 12.4 Å². The maximum absolute atomic E-state index is 5.54. The Balaban J connectivity index is 2.23. The Bertz CT molecular complexity index is 277. The van der Waals surface area contributed by atoms with Crippen LogP contribution in [-0.4, -0.2) is 19.0 Å². The summed E-state index contributed by atoms with van der Waals surface area (Å²) in [4.78, 5) is 1.23. The molecular weight excluding hydrogens is 170 g/mol. The molecule has 3 heteroatoms. The molecule has 0 bridgehead atoms. The van der Waals surface area contributed by atoms with Gasteiger partial charge in [-0.05, 0) is 19.2 Å². The molecule has 0 amide bonds. The minimum absolute atomic E-state index is 0.389. The van der Waals surface area contributed by atoms with Crippen LogP contribution < -0.4 is 10.1 Å². The molecule has 0 aliphatic carbocycles. The topological polar surface area (TPSA) is 21.3 Å². The third kappa shape index (κ3) is 1.42. The minimum atomic E-state index is 0.389. The van der Waals surface area contributed by atoms with Crippen molar-refractivity contribution in [1.29, 1.82) is 0 Å². The molecule has 0 radical (unpaired) electrons. The van der Waals surface area contributed by atoms with Crippen LogP contribution in [0.1, 0.15) is 0 Å². The summed E-state index contributed by atoms with van der Waals surface area (Å²) in [6.07, 6.45) is 0. The Labute approximate surface area is 76.3 Å². The van der Waals surface area contributed by atoms with Crippen LogP contribution in [0.2, 0.25) is 0 Å². The van der Waals surface area contributed by atoms with Crippen LogP contribution in [0.4, 0.5) is 0 Å². The number of benzene rings is 1. The molecule has 0 fully saturated rings. The highest BCUT2D eigenvalue weighted by Crippen LogP contribution is 2.35. The molecule has 1 aromatic carbocycles. The lowest BCUT2D eigenvalue weighted by atomic mass is 10.3. The van der Waals surface area contributed by atoms with Gasteiger partial charge in [-0.2, -0.15) is 0 Å². The van der Waals surface area contributed by atoms with Gasteiger partial charge in [0.15, 0.2) is 0 Å². The number of likely N-dealkylation sites (N-methyl/N-ethyl adjacent to an activating group) is 1. The van der Waals surface area contributed by atoms with Gasteiger partial charge in [-0.25, -0.2) is 0 Å². The highest BCUT2D eigenvalue weighted by molar-refractivity contribution is 8.00. The number of rotatable bonds is 1. The third-order valence-electron chi connectivity index (χ3n) is 1.83. The van der Waals surface area contributed by atoms with E-state index in [0.29, 0.717) is 5.37 Å². The first-order valence-electron chi connectivity index (χ1n) is 3.96. The molecule has 1 aromatic rings. The van der Waals surface area contributed by atoms with Crippen molar-refractivity contribution in [2.24, 2.45) is 0 Å². The SMILES string of the molecule is CNC1COc2ccccc2S1. The average molecular weight is 181 g/mol. The van der Waals surface area contributed by atoms with Gasteiger partial charge in [0.05, 0.1) is 10.3 Å². The standard InChI is InChI=1S/C9H11NOS/c1-10-9-6-11-7-4-2-3-5-8(7)12-9/h2-5,9-10H,6H2,1H3. The van der Waals surface area contributed by atoms with Crippen molar-refractivity contribution in [3.05, 3.63) is 24.3 Å².